The number of nitrogens with zero attached hydrogens (tertiary/aromatic N) is 3. The zero-order valence-electron chi connectivity index (χ0n) is 11.0. The predicted molar refractivity (Wildman–Crippen MR) is 78.1 cm³/mol. The molecular formula is C14H13N5O2. The minimum atomic E-state index is -1.10. The second-order valence-corrected chi connectivity index (χ2v) is 4.48. The summed E-state index contributed by atoms with van der Waals surface area (Å²) in [5.41, 5.74) is 7.43. The van der Waals surface area contributed by atoms with Gasteiger partial charge in [-0.3, -0.25) is 0 Å². The number of hydrogen-bond acceptors (Lipinski definition) is 5. The lowest BCUT2D eigenvalue weighted by molar-refractivity contribution is 0.0688. The molecular weight excluding hydrogens is 270 g/mol. The lowest BCUT2D eigenvalue weighted by Crippen LogP contribution is -2.12. The van der Waals surface area contributed by atoms with E-state index in [-0.39, 0.29) is 11.6 Å². The molecule has 4 N–H and O–H groups in total. The fraction of sp³-hybridized carbons (Fsp3) is 0.0714. The molecule has 1 aromatic carbocycles. The number of aromatic nitrogens is 3. The van der Waals surface area contributed by atoms with E-state index in [0.717, 1.165) is 5.56 Å². The SMILES string of the molecule is Nc1nc2ccc(NCc3ccccc3)c(C(=O)O)n2n1. The van der Waals surface area contributed by atoms with Crippen LogP contribution < -0.4 is 11.1 Å². The van der Waals surface area contributed by atoms with Gasteiger partial charge >= 0.3 is 5.97 Å². The first-order chi connectivity index (χ1) is 10.1. The minimum absolute atomic E-state index is 0.00707. The van der Waals surface area contributed by atoms with Crippen molar-refractivity contribution in [2.45, 2.75) is 6.54 Å². The Kier molecular flexibility index (Phi) is 3.15. The van der Waals surface area contributed by atoms with Gasteiger partial charge in [0.15, 0.2) is 11.3 Å². The predicted octanol–water partition coefficient (Wildman–Crippen LogP) is 1.62. The molecule has 0 atom stereocenters. The van der Waals surface area contributed by atoms with Crippen LogP contribution in [0.15, 0.2) is 42.5 Å². The fourth-order valence-corrected chi connectivity index (χ4v) is 2.11. The molecule has 0 bridgehead atoms. The standard InChI is InChI=1S/C14H13N5O2/c15-14-17-11-7-6-10(12(13(20)21)19(11)18-14)16-8-9-4-2-1-3-5-9/h1-7,16H,8H2,(H2,15,18)(H,20,21). The smallest absolute Gasteiger partial charge is 0.356 e. The van der Waals surface area contributed by atoms with Crippen molar-refractivity contribution in [2.75, 3.05) is 11.1 Å². The topological polar surface area (TPSA) is 106 Å². The number of nitrogen functional groups attached to an aromatic ring is 1. The Morgan fingerprint density at radius 3 is 2.71 bits per heavy atom. The van der Waals surface area contributed by atoms with E-state index in [2.05, 4.69) is 15.4 Å². The number of hydrogen-bond donors (Lipinski definition) is 3. The maximum absolute atomic E-state index is 11.5. The zero-order chi connectivity index (χ0) is 14.8. The number of fused-ring (bicyclic) bond motifs is 1. The van der Waals surface area contributed by atoms with Crippen molar-refractivity contribution in [1.82, 2.24) is 14.6 Å². The average Bonchev–Trinajstić information content (AvgIpc) is 2.85. The molecule has 2 heterocycles. The Morgan fingerprint density at radius 2 is 2.00 bits per heavy atom. The number of carbonyl (C=O) groups is 1. The molecule has 0 aliphatic heterocycles. The van der Waals surface area contributed by atoms with Gasteiger partial charge in [0, 0.05) is 6.54 Å². The first kappa shape index (κ1) is 12.9. The van der Waals surface area contributed by atoms with Gasteiger partial charge in [0.1, 0.15) is 0 Å². The van der Waals surface area contributed by atoms with Crippen molar-refractivity contribution >= 4 is 23.3 Å². The van der Waals surface area contributed by atoms with Gasteiger partial charge in [0.25, 0.3) is 0 Å². The van der Waals surface area contributed by atoms with Crippen LogP contribution in [-0.2, 0) is 6.54 Å². The molecule has 7 nitrogen and oxygen atoms in total. The second kappa shape index (κ2) is 5.12. The monoisotopic (exact) mass is 283 g/mol. The zero-order valence-corrected chi connectivity index (χ0v) is 11.0. The summed E-state index contributed by atoms with van der Waals surface area (Å²) in [5.74, 6) is -1.06. The average molecular weight is 283 g/mol. The summed E-state index contributed by atoms with van der Waals surface area (Å²) in [6.07, 6.45) is 0. The number of aromatic carboxylic acids is 1. The van der Waals surface area contributed by atoms with E-state index in [1.165, 1.54) is 4.52 Å². The molecule has 3 aromatic rings. The van der Waals surface area contributed by atoms with Gasteiger partial charge in [0.2, 0.25) is 5.95 Å². The fourth-order valence-electron chi connectivity index (χ4n) is 2.11. The Balaban J connectivity index is 1.98. The third-order valence-electron chi connectivity index (χ3n) is 3.04. The molecule has 21 heavy (non-hydrogen) atoms. The van der Waals surface area contributed by atoms with Gasteiger partial charge < -0.3 is 16.2 Å². The number of pyridine rings is 1. The van der Waals surface area contributed by atoms with Crippen LogP contribution in [-0.4, -0.2) is 25.7 Å². The summed E-state index contributed by atoms with van der Waals surface area (Å²) in [4.78, 5) is 15.4. The van der Waals surface area contributed by atoms with E-state index in [1.807, 2.05) is 30.3 Å². The number of rotatable bonds is 4. The summed E-state index contributed by atoms with van der Waals surface area (Å²) in [6.45, 7) is 0.511. The summed E-state index contributed by atoms with van der Waals surface area (Å²) in [6, 6.07) is 13.0. The first-order valence-electron chi connectivity index (χ1n) is 6.31. The van der Waals surface area contributed by atoms with Crippen LogP contribution >= 0.6 is 0 Å². The highest BCUT2D eigenvalue weighted by Crippen LogP contribution is 2.19. The first-order valence-corrected chi connectivity index (χ1v) is 6.31. The molecule has 0 aliphatic carbocycles. The van der Waals surface area contributed by atoms with Gasteiger partial charge in [0.05, 0.1) is 5.69 Å². The van der Waals surface area contributed by atoms with Crippen molar-refractivity contribution in [2.24, 2.45) is 0 Å². The summed E-state index contributed by atoms with van der Waals surface area (Å²) in [7, 11) is 0. The van der Waals surface area contributed by atoms with Crippen molar-refractivity contribution in [1.29, 1.82) is 0 Å². The maximum atomic E-state index is 11.5. The molecule has 0 aliphatic rings. The number of benzene rings is 1. The summed E-state index contributed by atoms with van der Waals surface area (Å²) in [5, 5.41) is 16.4. The molecule has 106 valence electrons. The van der Waals surface area contributed by atoms with E-state index in [0.29, 0.717) is 17.9 Å². The number of nitrogens with two attached hydrogens (primary N) is 1. The Hall–Kier alpha value is -3.09. The van der Waals surface area contributed by atoms with E-state index in [4.69, 9.17) is 5.73 Å². The highest BCUT2D eigenvalue weighted by molar-refractivity contribution is 5.93. The van der Waals surface area contributed by atoms with Crippen LogP contribution in [0.25, 0.3) is 5.65 Å². The van der Waals surface area contributed by atoms with Crippen LogP contribution in [0.5, 0.6) is 0 Å². The molecule has 0 fully saturated rings. The molecule has 0 spiro atoms. The third-order valence-corrected chi connectivity index (χ3v) is 3.04. The van der Waals surface area contributed by atoms with Gasteiger partial charge in [-0.25, -0.2) is 9.31 Å². The van der Waals surface area contributed by atoms with Gasteiger partial charge in [-0.15, -0.1) is 5.10 Å². The normalized spacial score (nSPS) is 10.7. The molecule has 0 amide bonds. The number of carboxylic acids is 1. The molecule has 0 radical (unpaired) electrons. The van der Waals surface area contributed by atoms with E-state index in [9.17, 15) is 9.90 Å². The Bertz CT molecular complexity index is 798. The maximum Gasteiger partial charge on any atom is 0.356 e. The quantitative estimate of drug-likeness (QED) is 0.672. The third kappa shape index (κ3) is 2.48. The van der Waals surface area contributed by atoms with Crippen LogP contribution in [0, 0.1) is 0 Å². The van der Waals surface area contributed by atoms with Gasteiger partial charge in [-0.1, -0.05) is 30.3 Å². The lowest BCUT2D eigenvalue weighted by Gasteiger charge is -2.10. The van der Waals surface area contributed by atoms with Crippen molar-refractivity contribution in [3.63, 3.8) is 0 Å². The molecule has 7 heteroatoms. The molecule has 0 saturated heterocycles. The van der Waals surface area contributed by atoms with Crippen molar-refractivity contribution in [3.05, 3.63) is 53.7 Å². The van der Waals surface area contributed by atoms with Gasteiger partial charge in [-0.2, -0.15) is 4.98 Å². The number of carboxylic acid groups (broad SMARTS) is 1. The summed E-state index contributed by atoms with van der Waals surface area (Å²) >= 11 is 0. The van der Waals surface area contributed by atoms with Gasteiger partial charge in [-0.05, 0) is 17.7 Å². The van der Waals surface area contributed by atoms with E-state index < -0.39 is 5.97 Å². The van der Waals surface area contributed by atoms with E-state index >= 15 is 0 Å². The minimum Gasteiger partial charge on any atom is -0.476 e. The van der Waals surface area contributed by atoms with Crippen LogP contribution in [0.2, 0.25) is 0 Å². The highest BCUT2D eigenvalue weighted by atomic mass is 16.4. The summed E-state index contributed by atoms with van der Waals surface area (Å²) < 4.78 is 1.23. The molecule has 0 saturated carbocycles. The van der Waals surface area contributed by atoms with Crippen LogP contribution in [0.1, 0.15) is 16.1 Å². The van der Waals surface area contributed by atoms with Crippen LogP contribution in [0.3, 0.4) is 0 Å². The Morgan fingerprint density at radius 1 is 1.24 bits per heavy atom. The molecule has 2 aromatic heterocycles. The lowest BCUT2D eigenvalue weighted by atomic mass is 10.2. The second-order valence-electron chi connectivity index (χ2n) is 4.48. The number of nitrogens with one attached hydrogen (secondary N) is 1. The van der Waals surface area contributed by atoms with Crippen LogP contribution in [0.4, 0.5) is 11.6 Å². The largest absolute Gasteiger partial charge is 0.476 e. The highest BCUT2D eigenvalue weighted by Gasteiger charge is 2.17. The van der Waals surface area contributed by atoms with Crippen molar-refractivity contribution < 1.29 is 9.90 Å². The molecule has 0 unspecified atom stereocenters. The Labute approximate surface area is 120 Å². The van der Waals surface area contributed by atoms with E-state index in [1.54, 1.807) is 12.1 Å². The molecule has 3 rings (SSSR count). The van der Waals surface area contributed by atoms with Crippen molar-refractivity contribution in [3.8, 4) is 0 Å². The number of anilines is 2.